The molecular weight excluding hydrogens is 775 g/mol. The molecule has 0 amide bonds. The second-order valence-electron chi connectivity index (χ2n) is 12.2. The predicted octanol–water partition coefficient (Wildman–Crippen LogP) is 6.61. The molecule has 1 aliphatic carbocycles. The van der Waals surface area contributed by atoms with E-state index in [-0.39, 0.29) is 28.1 Å². The summed E-state index contributed by atoms with van der Waals surface area (Å²) in [6.45, 7) is 3.27. The van der Waals surface area contributed by atoms with Crippen molar-refractivity contribution in [3.63, 3.8) is 0 Å². The van der Waals surface area contributed by atoms with E-state index in [0.29, 0.717) is 34.5 Å². The number of aromatic nitrogens is 8. The number of fused-ring (bicyclic) bond motifs is 2. The Balaban J connectivity index is 0.000000186. The van der Waals surface area contributed by atoms with Crippen LogP contribution in [0.15, 0.2) is 61.2 Å². The molecule has 0 saturated heterocycles. The van der Waals surface area contributed by atoms with Crippen LogP contribution in [0.2, 0.25) is 5.15 Å². The minimum absolute atomic E-state index is 0.0421. The Bertz CT molecular complexity index is 2490. The summed E-state index contributed by atoms with van der Waals surface area (Å²) in [5, 5.41) is 8.94. The molecule has 23 heteroatoms. The number of anilines is 7. The van der Waals surface area contributed by atoms with E-state index < -0.39 is 30.8 Å². The first-order valence-electron chi connectivity index (χ1n) is 16.3. The number of nitrogens with one attached hydrogen (secondary N) is 7. The monoisotopic (exact) mass is 807 g/mol. The van der Waals surface area contributed by atoms with E-state index in [1.807, 2.05) is 6.07 Å². The van der Waals surface area contributed by atoms with E-state index in [1.54, 1.807) is 38.4 Å². The van der Waals surface area contributed by atoms with Gasteiger partial charge in [-0.2, -0.15) is 41.5 Å². The lowest BCUT2D eigenvalue weighted by molar-refractivity contribution is -0.0429. The number of sulfonamides is 2. The normalized spacial score (nSPS) is 13.8. The van der Waals surface area contributed by atoms with Gasteiger partial charge in [-0.05, 0) is 63.1 Å². The van der Waals surface area contributed by atoms with E-state index in [9.17, 15) is 30.0 Å². The van der Waals surface area contributed by atoms with Crippen molar-refractivity contribution in [1.29, 1.82) is 0 Å². The van der Waals surface area contributed by atoms with Crippen LogP contribution in [0.25, 0.3) is 22.3 Å². The molecule has 54 heavy (non-hydrogen) atoms. The maximum atomic E-state index is 12.4. The smallest absolute Gasteiger partial charge is 0.365 e. The number of hydrogen-bond donors (Lipinski definition) is 7. The SMILES string of the molecule is CC(C)S(=O)(=O)Nc1cccc(Nc2nc(NC3CCCC3)c3[nH]cnc3n2)c1.O=S(=O)(Nc1cccc(Nc2nc(Cl)c3[nH]cnc3n2)c1)C(F)(F)F. The lowest BCUT2D eigenvalue weighted by Gasteiger charge is -2.15. The number of nitrogens with zero attached hydrogens (tertiary/aromatic N) is 6. The maximum absolute atomic E-state index is 12.4. The molecule has 286 valence electrons. The van der Waals surface area contributed by atoms with Crippen LogP contribution >= 0.6 is 11.6 Å². The van der Waals surface area contributed by atoms with Gasteiger partial charge in [0.1, 0.15) is 11.0 Å². The van der Waals surface area contributed by atoms with Gasteiger partial charge < -0.3 is 25.9 Å². The van der Waals surface area contributed by atoms with Crippen molar-refractivity contribution >= 4 is 94.4 Å². The van der Waals surface area contributed by atoms with Crippen LogP contribution in [-0.4, -0.2) is 73.5 Å². The highest BCUT2D eigenvalue weighted by Gasteiger charge is 2.46. The van der Waals surface area contributed by atoms with Crippen molar-refractivity contribution in [3.8, 4) is 0 Å². The van der Waals surface area contributed by atoms with Crippen molar-refractivity contribution in [2.24, 2.45) is 0 Å². The molecule has 7 rings (SSSR count). The molecule has 1 saturated carbocycles. The zero-order chi connectivity index (χ0) is 38.7. The fourth-order valence-corrected chi connectivity index (χ4v) is 6.65. The van der Waals surface area contributed by atoms with Crippen molar-refractivity contribution in [3.05, 3.63) is 66.3 Å². The summed E-state index contributed by atoms with van der Waals surface area (Å²) in [5.74, 6) is 1.16. The topological polar surface area (TPSA) is 237 Å². The number of hydrogen-bond acceptors (Lipinski definition) is 13. The van der Waals surface area contributed by atoms with Crippen LogP contribution in [0, 0.1) is 0 Å². The van der Waals surface area contributed by atoms with E-state index in [0.717, 1.165) is 30.2 Å². The summed E-state index contributed by atoms with van der Waals surface area (Å²) >= 11 is 5.96. The van der Waals surface area contributed by atoms with Crippen molar-refractivity contribution in [2.75, 3.05) is 25.4 Å². The van der Waals surface area contributed by atoms with Crippen LogP contribution in [0.4, 0.5) is 53.6 Å². The number of imidazole rings is 2. The highest BCUT2D eigenvalue weighted by molar-refractivity contribution is 7.93. The van der Waals surface area contributed by atoms with Gasteiger partial charge in [0.05, 0.1) is 29.3 Å². The van der Waals surface area contributed by atoms with Crippen molar-refractivity contribution < 1.29 is 30.0 Å². The van der Waals surface area contributed by atoms with Gasteiger partial charge in [-0.15, -0.1) is 0 Å². The maximum Gasteiger partial charge on any atom is 0.516 e. The largest absolute Gasteiger partial charge is 0.516 e. The average Bonchev–Trinajstić information content (AvgIpc) is 3.88. The minimum Gasteiger partial charge on any atom is -0.365 e. The van der Waals surface area contributed by atoms with Crippen LogP contribution < -0.4 is 25.4 Å². The third-order valence-corrected chi connectivity index (χ3v) is 11.0. The van der Waals surface area contributed by atoms with E-state index in [2.05, 4.69) is 60.5 Å². The highest BCUT2D eigenvalue weighted by atomic mass is 35.5. The van der Waals surface area contributed by atoms with E-state index in [1.165, 1.54) is 42.1 Å². The third kappa shape index (κ3) is 9.17. The summed E-state index contributed by atoms with van der Waals surface area (Å²) in [6, 6.07) is 12.6. The Morgan fingerprint density at radius 1 is 0.759 bits per heavy atom. The highest BCUT2D eigenvalue weighted by Crippen LogP contribution is 2.29. The Morgan fingerprint density at radius 2 is 1.28 bits per heavy atom. The number of H-pyrrole nitrogens is 2. The standard InChI is InChI=1S/C19H25N7O2S.C12H8ClF3N6O2S/c1-12(2)29(27,28)26-15-9-5-8-14(10-15)23-19-24-17-16(20-11-21-17)18(25-19)22-13-6-3-4-7-13;13-9-8-10(18-5-17-8)21-11(20-9)19-6-2-1-3-7(4-6)22-25(23,24)12(14,15)16/h5,8-13,26H,3-4,6-7H2,1-2H3,(H3,20,21,22,23,24,25);1-5,22H,(H2,17,18,19,20,21). The lowest BCUT2D eigenvalue weighted by Crippen LogP contribution is -2.29. The zero-order valence-electron chi connectivity index (χ0n) is 28.4. The molecule has 0 bridgehead atoms. The molecule has 0 radical (unpaired) electrons. The van der Waals surface area contributed by atoms with Gasteiger partial charge in [-0.3, -0.25) is 9.44 Å². The van der Waals surface area contributed by atoms with E-state index in [4.69, 9.17) is 11.6 Å². The quantitative estimate of drug-likeness (QED) is 0.0683. The first-order valence-corrected chi connectivity index (χ1v) is 19.7. The average molecular weight is 808 g/mol. The Kier molecular flexibility index (Phi) is 11.0. The molecule has 0 atom stereocenters. The number of rotatable bonds is 11. The number of benzene rings is 2. The predicted molar refractivity (Wildman–Crippen MR) is 200 cm³/mol. The van der Waals surface area contributed by atoms with Gasteiger partial charge >= 0.3 is 15.5 Å². The second kappa shape index (κ2) is 15.5. The molecule has 1 fully saturated rings. The summed E-state index contributed by atoms with van der Waals surface area (Å²) < 4.78 is 87.8. The summed E-state index contributed by atoms with van der Waals surface area (Å²) in [7, 11) is -8.93. The fraction of sp³-hybridized carbons (Fsp3) is 0.290. The first kappa shape index (κ1) is 38.3. The first-order chi connectivity index (χ1) is 25.6. The number of halogens is 4. The molecule has 4 aromatic heterocycles. The number of alkyl halides is 3. The minimum atomic E-state index is -5.51. The summed E-state index contributed by atoms with van der Waals surface area (Å²) in [6.07, 6.45) is 7.67. The van der Waals surface area contributed by atoms with Gasteiger partial charge in [0.25, 0.3) is 0 Å². The van der Waals surface area contributed by atoms with Crippen LogP contribution in [-0.2, 0) is 20.0 Å². The molecule has 1 aliphatic rings. The van der Waals surface area contributed by atoms with Gasteiger partial charge in [0, 0.05) is 17.4 Å². The van der Waals surface area contributed by atoms with Crippen LogP contribution in [0.3, 0.4) is 0 Å². The Morgan fingerprint density at radius 3 is 1.85 bits per heavy atom. The number of aromatic amines is 2. The summed E-state index contributed by atoms with van der Waals surface area (Å²) in [5.41, 5.74) is -2.24. The molecule has 0 unspecified atom stereocenters. The zero-order valence-corrected chi connectivity index (χ0v) is 30.8. The molecular formula is C31H33ClF3N13O4S2. The van der Waals surface area contributed by atoms with Gasteiger partial charge in [0.15, 0.2) is 22.3 Å². The van der Waals surface area contributed by atoms with Crippen molar-refractivity contribution in [1.82, 2.24) is 39.9 Å². The van der Waals surface area contributed by atoms with Gasteiger partial charge in [-0.1, -0.05) is 36.6 Å². The van der Waals surface area contributed by atoms with Gasteiger partial charge in [0.2, 0.25) is 21.9 Å². The Labute approximate surface area is 311 Å². The molecule has 17 nitrogen and oxygen atoms in total. The molecule has 4 heterocycles. The fourth-order valence-electron chi connectivity index (χ4n) is 5.19. The molecule has 7 N–H and O–H groups in total. The van der Waals surface area contributed by atoms with Crippen molar-refractivity contribution in [2.45, 2.75) is 56.3 Å². The Hall–Kier alpha value is -5.48. The van der Waals surface area contributed by atoms with E-state index >= 15 is 0 Å². The third-order valence-electron chi connectivity index (χ3n) is 7.90. The van der Waals surface area contributed by atoms with Crippen LogP contribution in [0.1, 0.15) is 39.5 Å². The van der Waals surface area contributed by atoms with Gasteiger partial charge in [-0.25, -0.2) is 18.4 Å². The molecule has 2 aromatic carbocycles. The van der Waals surface area contributed by atoms with Crippen LogP contribution in [0.5, 0.6) is 0 Å². The molecule has 0 aliphatic heterocycles. The molecule has 0 spiro atoms. The molecule has 6 aromatic rings. The summed E-state index contributed by atoms with van der Waals surface area (Å²) in [4.78, 5) is 31.1. The lowest BCUT2D eigenvalue weighted by atomic mass is 10.2. The second-order valence-corrected chi connectivity index (χ2v) is 16.5.